The molecule has 2 heteroatoms. The van der Waals surface area contributed by atoms with Crippen LogP contribution in [0.25, 0.3) is 0 Å². The number of hydrogen-bond donors (Lipinski definition) is 0. The molecule has 5 rings (SSSR count). The summed E-state index contributed by atoms with van der Waals surface area (Å²) in [5, 5.41) is 0. The van der Waals surface area contributed by atoms with Gasteiger partial charge >= 0.3 is 0 Å². The van der Waals surface area contributed by atoms with Crippen LogP contribution in [0.3, 0.4) is 0 Å². The van der Waals surface area contributed by atoms with Crippen molar-refractivity contribution < 1.29 is 0 Å². The number of likely N-dealkylation sites (tertiary alicyclic amines) is 1. The van der Waals surface area contributed by atoms with Gasteiger partial charge in [-0.15, -0.1) is 0 Å². The van der Waals surface area contributed by atoms with Crippen LogP contribution in [0.2, 0.25) is 0 Å². The van der Waals surface area contributed by atoms with Gasteiger partial charge in [0.15, 0.2) is 0 Å². The molecule has 1 saturated heterocycles. The summed E-state index contributed by atoms with van der Waals surface area (Å²) in [5.74, 6) is 0.784. The topological polar surface area (TPSA) is 6.48 Å². The fourth-order valence-electron chi connectivity index (χ4n) is 5.49. The monoisotopic (exact) mass is 396 g/mol. The Morgan fingerprint density at radius 3 is 2.03 bits per heavy atom. The summed E-state index contributed by atoms with van der Waals surface area (Å²) >= 11 is 0. The van der Waals surface area contributed by atoms with E-state index in [0.29, 0.717) is 12.1 Å². The Hall–Kier alpha value is -2.58. The molecule has 3 aromatic carbocycles. The quantitative estimate of drug-likeness (QED) is 0.515. The molecule has 0 radical (unpaired) electrons. The lowest BCUT2D eigenvalue weighted by Crippen LogP contribution is -2.55. The number of rotatable bonds is 7. The fraction of sp³-hybridized carbons (Fsp3) is 0.357. The van der Waals surface area contributed by atoms with Gasteiger partial charge in [0.25, 0.3) is 0 Å². The van der Waals surface area contributed by atoms with Crippen LogP contribution in [-0.2, 0) is 19.4 Å². The van der Waals surface area contributed by atoms with Crippen molar-refractivity contribution in [2.24, 2.45) is 5.92 Å². The van der Waals surface area contributed by atoms with Crippen LogP contribution in [0.1, 0.15) is 30.0 Å². The van der Waals surface area contributed by atoms with Crippen LogP contribution in [0.5, 0.6) is 0 Å². The molecule has 30 heavy (non-hydrogen) atoms. The second-order valence-electron chi connectivity index (χ2n) is 9.11. The fourth-order valence-corrected chi connectivity index (χ4v) is 5.49. The zero-order chi connectivity index (χ0) is 20.3. The van der Waals surface area contributed by atoms with Crippen molar-refractivity contribution in [1.82, 2.24) is 4.90 Å². The van der Waals surface area contributed by atoms with E-state index in [1.54, 1.807) is 0 Å². The van der Waals surface area contributed by atoms with Crippen molar-refractivity contribution in [2.75, 3.05) is 18.0 Å². The van der Waals surface area contributed by atoms with E-state index in [0.717, 1.165) is 19.0 Å². The summed E-state index contributed by atoms with van der Waals surface area (Å²) in [4.78, 5) is 5.36. The van der Waals surface area contributed by atoms with E-state index < -0.39 is 0 Å². The molecule has 1 aliphatic carbocycles. The Labute approximate surface area is 181 Å². The second kappa shape index (κ2) is 8.65. The van der Waals surface area contributed by atoms with Gasteiger partial charge in [-0.3, -0.25) is 4.90 Å². The highest BCUT2D eigenvalue weighted by atomic mass is 15.2. The van der Waals surface area contributed by atoms with Gasteiger partial charge in [-0.05, 0) is 54.0 Å². The Kier molecular flexibility index (Phi) is 5.59. The first-order valence-electron chi connectivity index (χ1n) is 11.4. The number of fused-ring (bicyclic) bond motifs is 1. The molecule has 1 fully saturated rings. The molecule has 0 bridgehead atoms. The maximum Gasteiger partial charge on any atom is 0.0370 e. The minimum Gasteiger partial charge on any atom is -0.368 e. The molecule has 154 valence electrons. The highest BCUT2D eigenvalue weighted by Crippen LogP contribution is 2.32. The van der Waals surface area contributed by atoms with E-state index in [1.807, 2.05) is 0 Å². The van der Waals surface area contributed by atoms with Crippen molar-refractivity contribution in [1.29, 1.82) is 0 Å². The van der Waals surface area contributed by atoms with E-state index in [9.17, 15) is 0 Å². The molecule has 2 aliphatic rings. The molecule has 2 nitrogen and oxygen atoms in total. The molecule has 3 aromatic rings. The summed E-state index contributed by atoms with van der Waals surface area (Å²) in [6, 6.07) is 32.2. The van der Waals surface area contributed by atoms with Crippen LogP contribution in [0.15, 0.2) is 84.9 Å². The second-order valence-corrected chi connectivity index (χ2v) is 9.11. The van der Waals surface area contributed by atoms with E-state index in [-0.39, 0.29) is 0 Å². The van der Waals surface area contributed by atoms with Crippen molar-refractivity contribution in [2.45, 2.75) is 44.8 Å². The third kappa shape index (κ3) is 4.02. The van der Waals surface area contributed by atoms with Gasteiger partial charge in [0.2, 0.25) is 0 Å². The highest BCUT2D eigenvalue weighted by Gasteiger charge is 2.36. The third-order valence-corrected chi connectivity index (χ3v) is 7.10. The highest BCUT2D eigenvalue weighted by molar-refractivity contribution is 5.49. The minimum atomic E-state index is 0.572. The Bertz CT molecular complexity index is 928. The van der Waals surface area contributed by atoms with Gasteiger partial charge in [-0.2, -0.15) is 0 Å². The summed E-state index contributed by atoms with van der Waals surface area (Å²) in [6.07, 6.45) is 3.56. The minimum absolute atomic E-state index is 0.572. The average molecular weight is 397 g/mol. The summed E-state index contributed by atoms with van der Waals surface area (Å²) < 4.78 is 0. The van der Waals surface area contributed by atoms with Gasteiger partial charge in [-0.25, -0.2) is 0 Å². The van der Waals surface area contributed by atoms with Gasteiger partial charge < -0.3 is 4.90 Å². The first-order valence-corrected chi connectivity index (χ1v) is 11.4. The van der Waals surface area contributed by atoms with Gasteiger partial charge in [0, 0.05) is 37.4 Å². The van der Waals surface area contributed by atoms with Crippen LogP contribution < -0.4 is 4.90 Å². The number of nitrogens with zero attached hydrogens (tertiary/aromatic N) is 2. The predicted octanol–water partition coefficient (Wildman–Crippen LogP) is 5.57. The molecule has 0 N–H and O–H groups in total. The third-order valence-electron chi connectivity index (χ3n) is 7.10. The van der Waals surface area contributed by atoms with E-state index in [2.05, 4.69) is 102 Å². The molecule has 0 amide bonds. The SMILES string of the molecule is CC1CN(Cc2ccccc2)C1CCN(c1ccccc1)C1Cc2ccccc2C1. The standard InChI is InChI=1S/C28H32N2/c1-22-20-29(21-23-10-4-2-5-11-23)28(22)16-17-30(26-14-6-3-7-15-26)27-18-24-12-8-9-13-25(24)19-27/h2-15,22,27-28H,16-21H2,1H3. The molecule has 2 unspecified atom stereocenters. The normalized spacial score (nSPS) is 21.2. The molecule has 0 saturated carbocycles. The van der Waals surface area contributed by atoms with Crippen LogP contribution >= 0.6 is 0 Å². The lowest BCUT2D eigenvalue weighted by Gasteiger charge is -2.48. The van der Waals surface area contributed by atoms with Crippen molar-refractivity contribution in [3.8, 4) is 0 Å². The molecule has 2 atom stereocenters. The molecule has 1 heterocycles. The van der Waals surface area contributed by atoms with E-state index in [1.165, 1.54) is 48.2 Å². The first-order chi connectivity index (χ1) is 14.8. The van der Waals surface area contributed by atoms with E-state index in [4.69, 9.17) is 0 Å². The first kappa shape index (κ1) is 19.4. The Balaban J connectivity index is 1.28. The van der Waals surface area contributed by atoms with Crippen molar-refractivity contribution in [3.63, 3.8) is 0 Å². The predicted molar refractivity (Wildman–Crippen MR) is 126 cm³/mol. The summed E-state index contributed by atoms with van der Waals surface area (Å²) in [7, 11) is 0. The summed E-state index contributed by atoms with van der Waals surface area (Å²) in [6.45, 7) is 5.85. The zero-order valence-electron chi connectivity index (χ0n) is 18.0. The molecular weight excluding hydrogens is 364 g/mol. The number of benzene rings is 3. The number of anilines is 1. The summed E-state index contributed by atoms with van der Waals surface area (Å²) in [5.41, 5.74) is 5.87. The van der Waals surface area contributed by atoms with Gasteiger partial charge in [0.1, 0.15) is 0 Å². The largest absolute Gasteiger partial charge is 0.368 e. The zero-order valence-corrected chi connectivity index (χ0v) is 18.0. The molecular formula is C28H32N2. The number of para-hydroxylation sites is 1. The maximum atomic E-state index is 2.69. The average Bonchev–Trinajstić information content (AvgIpc) is 3.21. The maximum absolute atomic E-state index is 2.69. The van der Waals surface area contributed by atoms with Crippen molar-refractivity contribution in [3.05, 3.63) is 102 Å². The lowest BCUT2D eigenvalue weighted by molar-refractivity contribution is 0.0134. The van der Waals surface area contributed by atoms with Crippen LogP contribution in [0.4, 0.5) is 5.69 Å². The smallest absolute Gasteiger partial charge is 0.0370 e. The number of hydrogen-bond acceptors (Lipinski definition) is 2. The van der Waals surface area contributed by atoms with Gasteiger partial charge in [-0.1, -0.05) is 79.7 Å². The van der Waals surface area contributed by atoms with Crippen molar-refractivity contribution >= 4 is 5.69 Å². The van der Waals surface area contributed by atoms with E-state index >= 15 is 0 Å². The van der Waals surface area contributed by atoms with Gasteiger partial charge in [0.05, 0.1) is 0 Å². The molecule has 0 spiro atoms. The molecule has 0 aromatic heterocycles. The van der Waals surface area contributed by atoms with Crippen LogP contribution in [0, 0.1) is 5.92 Å². The lowest BCUT2D eigenvalue weighted by atomic mass is 9.87. The Morgan fingerprint density at radius 1 is 0.800 bits per heavy atom. The molecule has 1 aliphatic heterocycles. The Morgan fingerprint density at radius 2 is 1.40 bits per heavy atom. The van der Waals surface area contributed by atoms with Crippen LogP contribution in [-0.4, -0.2) is 30.1 Å².